The van der Waals surface area contributed by atoms with Gasteiger partial charge in [0.05, 0.1) is 34.4 Å². The normalized spacial score (nSPS) is 13.3. The number of carboxylic acid groups (broad SMARTS) is 1. The molecule has 0 amide bonds. The van der Waals surface area contributed by atoms with Crippen molar-refractivity contribution in [2.45, 2.75) is 347 Å². The average molecular weight is 1270 g/mol. The number of ether oxygens (including phenoxy) is 4. The van der Waals surface area contributed by atoms with E-state index in [1.54, 1.807) is 0 Å². The Morgan fingerprint density at radius 2 is 0.626 bits per heavy atom. The van der Waals surface area contributed by atoms with Crippen LogP contribution in [0.4, 0.5) is 0 Å². The quantitative estimate of drug-likeness (QED) is 0.0211. The Bertz CT molecular complexity index is 1870. The van der Waals surface area contributed by atoms with Crippen molar-refractivity contribution in [3.05, 3.63) is 109 Å². The Hall–Kier alpha value is -4.05. The fourth-order valence-corrected chi connectivity index (χ4v) is 10.7. The molecule has 0 aliphatic heterocycles. The van der Waals surface area contributed by atoms with Crippen molar-refractivity contribution < 1.29 is 42.9 Å². The molecule has 0 bridgehead atoms. The van der Waals surface area contributed by atoms with Gasteiger partial charge in [-0.3, -0.25) is 9.59 Å². The van der Waals surface area contributed by atoms with Crippen LogP contribution in [0.5, 0.6) is 0 Å². The van der Waals surface area contributed by atoms with E-state index >= 15 is 0 Å². The molecule has 9 heteroatoms. The predicted octanol–water partition coefficient (Wildman–Crippen LogP) is 24.1. The summed E-state index contributed by atoms with van der Waals surface area (Å²) in [4.78, 5) is 37.7. The highest BCUT2D eigenvalue weighted by Crippen LogP contribution is 2.18. The summed E-state index contributed by atoms with van der Waals surface area (Å²) in [6, 6.07) is 0. The highest BCUT2D eigenvalue weighted by atomic mass is 16.7. The first-order chi connectivity index (χ1) is 44.6. The van der Waals surface area contributed by atoms with Gasteiger partial charge in [-0.1, -0.05) is 329 Å². The molecule has 0 aliphatic rings. The maximum Gasteiger partial charge on any atom is 0.361 e. The maximum atomic E-state index is 12.9. The van der Waals surface area contributed by atoms with Crippen molar-refractivity contribution in [1.82, 2.24) is 0 Å². The largest absolute Gasteiger partial charge is 0.477 e. The molecule has 0 aromatic heterocycles. The van der Waals surface area contributed by atoms with Crippen LogP contribution < -0.4 is 0 Å². The summed E-state index contributed by atoms with van der Waals surface area (Å²) >= 11 is 0. The highest BCUT2D eigenvalue weighted by molar-refractivity contribution is 5.71. The summed E-state index contributed by atoms with van der Waals surface area (Å²) in [6.45, 7) is 4.76. The van der Waals surface area contributed by atoms with Crippen molar-refractivity contribution in [3.8, 4) is 0 Å². The lowest BCUT2D eigenvalue weighted by molar-refractivity contribution is -0.870. The molecule has 0 heterocycles. The Morgan fingerprint density at radius 1 is 0.341 bits per heavy atom. The molecule has 0 aliphatic carbocycles. The third-order valence-electron chi connectivity index (χ3n) is 16.5. The minimum Gasteiger partial charge on any atom is -0.477 e. The van der Waals surface area contributed by atoms with Gasteiger partial charge in [-0.15, -0.1) is 0 Å². The molecular weight excluding hydrogens is 1130 g/mol. The SMILES string of the molecule is CC/C=C\C/C=C\C/C=C\C/C=C\C/C=C\C/C=C\C/C=C\CCCCCCCC(=O)OC(COC(=O)CCCCCCCCCCCCCCCCCCCCCCCCCCCCC/C=C\C/C=C\CCCCCCC)COC(OCC[N+](C)(C)C)C(=O)O. The number of rotatable bonds is 70. The summed E-state index contributed by atoms with van der Waals surface area (Å²) in [5.74, 6) is -2.02. The van der Waals surface area contributed by atoms with Crippen LogP contribution in [0.2, 0.25) is 0 Å². The smallest absolute Gasteiger partial charge is 0.361 e. The number of allylic oxidation sites excluding steroid dienone is 18. The molecule has 9 nitrogen and oxygen atoms in total. The van der Waals surface area contributed by atoms with Gasteiger partial charge in [-0.05, 0) is 103 Å². The fraction of sp³-hybridized carbons (Fsp3) is 0.744. The molecule has 2 unspecified atom stereocenters. The number of carbonyl (C=O) groups is 3. The van der Waals surface area contributed by atoms with E-state index < -0.39 is 24.3 Å². The molecule has 2 atom stereocenters. The second kappa shape index (κ2) is 71.8. The Balaban J connectivity index is 4.04. The third-order valence-corrected chi connectivity index (χ3v) is 16.5. The molecule has 91 heavy (non-hydrogen) atoms. The lowest BCUT2D eigenvalue weighted by Crippen LogP contribution is -2.40. The van der Waals surface area contributed by atoms with Gasteiger partial charge in [0, 0.05) is 12.8 Å². The maximum absolute atomic E-state index is 12.9. The monoisotopic (exact) mass is 1270 g/mol. The van der Waals surface area contributed by atoms with Gasteiger partial charge in [0.25, 0.3) is 6.29 Å². The molecular formula is C82H144NO8+. The van der Waals surface area contributed by atoms with E-state index in [9.17, 15) is 19.5 Å². The number of hydrogen-bond donors (Lipinski definition) is 1. The van der Waals surface area contributed by atoms with Gasteiger partial charge in [-0.2, -0.15) is 0 Å². The van der Waals surface area contributed by atoms with Gasteiger partial charge in [0.2, 0.25) is 0 Å². The fourth-order valence-electron chi connectivity index (χ4n) is 10.7. The van der Waals surface area contributed by atoms with Gasteiger partial charge in [0.1, 0.15) is 13.2 Å². The van der Waals surface area contributed by atoms with Crippen molar-refractivity contribution in [1.29, 1.82) is 0 Å². The van der Waals surface area contributed by atoms with Gasteiger partial charge in [0.15, 0.2) is 6.10 Å². The molecule has 0 aromatic carbocycles. The van der Waals surface area contributed by atoms with Crippen LogP contribution in [0.25, 0.3) is 0 Å². The number of quaternary nitrogens is 1. The average Bonchev–Trinajstić information content (AvgIpc) is 3.46. The van der Waals surface area contributed by atoms with E-state index in [0.717, 1.165) is 103 Å². The summed E-state index contributed by atoms with van der Waals surface area (Å²) in [6.07, 6.45) is 98.1. The molecule has 0 rings (SSSR count). The Morgan fingerprint density at radius 3 is 0.934 bits per heavy atom. The second-order valence-electron chi connectivity index (χ2n) is 26.6. The zero-order valence-corrected chi connectivity index (χ0v) is 60.0. The zero-order chi connectivity index (χ0) is 66.1. The molecule has 0 fully saturated rings. The topological polar surface area (TPSA) is 108 Å². The predicted molar refractivity (Wildman–Crippen MR) is 392 cm³/mol. The van der Waals surface area contributed by atoms with Crippen LogP contribution in [0.15, 0.2) is 109 Å². The van der Waals surface area contributed by atoms with Crippen molar-refractivity contribution in [3.63, 3.8) is 0 Å². The molecule has 0 saturated carbocycles. The van der Waals surface area contributed by atoms with Crippen molar-refractivity contribution in [2.24, 2.45) is 0 Å². The Labute approximate surface area is 562 Å². The standard InChI is InChI=1S/C82H143NO8/c1-6-8-10-12-14-16-18-20-22-24-26-28-30-32-34-35-36-37-38-39-40-41-42-43-44-45-47-48-50-52-54-56-58-60-62-64-66-68-70-72-79(84)89-76-78(77-90-82(81(86)87)88-75-74-83(3,4)5)91-80(85)73-71-69-67-65-63-61-59-57-55-53-51-49-46-33-31-29-27-25-23-21-19-17-15-13-11-9-7-2/h9,11,15,17-18,20-21,23-24,26-27,29,33,46,51,53,57,59,78,82H,6-8,10,12-14,16,19,22,25,28,30-32,34-45,47-50,52,54-56,58,60-77H2,1-5H3/p+1/b11-9-,17-15-,20-18-,23-21-,26-24-,29-27-,46-33-,53-51-,59-57-. The third kappa shape index (κ3) is 73.2. The zero-order valence-electron chi connectivity index (χ0n) is 60.0. The van der Waals surface area contributed by atoms with Gasteiger partial charge >= 0.3 is 17.9 Å². The number of esters is 2. The Kier molecular flexibility index (Phi) is 68.6. The van der Waals surface area contributed by atoms with Crippen molar-refractivity contribution in [2.75, 3.05) is 47.5 Å². The molecule has 0 aromatic rings. The number of unbranched alkanes of at least 4 members (excludes halogenated alkanes) is 37. The van der Waals surface area contributed by atoms with Crippen LogP contribution in [0, 0.1) is 0 Å². The lowest BCUT2D eigenvalue weighted by Gasteiger charge is -2.25. The van der Waals surface area contributed by atoms with E-state index in [2.05, 4.69) is 123 Å². The number of carboxylic acids is 1. The van der Waals surface area contributed by atoms with E-state index in [4.69, 9.17) is 18.9 Å². The van der Waals surface area contributed by atoms with Gasteiger partial charge in [-0.25, -0.2) is 4.79 Å². The molecule has 0 radical (unpaired) electrons. The van der Waals surface area contributed by atoms with Crippen LogP contribution in [0.1, 0.15) is 335 Å². The van der Waals surface area contributed by atoms with Crippen molar-refractivity contribution >= 4 is 17.9 Å². The lowest BCUT2D eigenvalue weighted by atomic mass is 10.0. The minimum absolute atomic E-state index is 0.180. The van der Waals surface area contributed by atoms with Crippen LogP contribution in [-0.2, 0) is 33.3 Å². The highest BCUT2D eigenvalue weighted by Gasteiger charge is 2.25. The number of nitrogens with zero attached hydrogens (tertiary/aromatic N) is 1. The summed E-state index contributed by atoms with van der Waals surface area (Å²) in [7, 11) is 5.97. The van der Waals surface area contributed by atoms with Crippen LogP contribution in [0.3, 0.4) is 0 Å². The van der Waals surface area contributed by atoms with Crippen LogP contribution >= 0.6 is 0 Å². The number of aliphatic carboxylic acids is 1. The number of likely N-dealkylation sites (N-methyl/N-ethyl adjacent to an activating group) is 1. The number of hydrogen-bond acceptors (Lipinski definition) is 7. The van der Waals surface area contributed by atoms with E-state index in [1.165, 1.54) is 199 Å². The summed E-state index contributed by atoms with van der Waals surface area (Å²) < 4.78 is 23.0. The first-order valence-electron chi connectivity index (χ1n) is 38.1. The number of carbonyl (C=O) groups excluding carboxylic acids is 2. The molecule has 524 valence electrons. The van der Waals surface area contributed by atoms with E-state index in [1.807, 2.05) is 21.1 Å². The molecule has 0 spiro atoms. The molecule has 0 saturated heterocycles. The molecule has 1 N–H and O–H groups in total. The second-order valence-corrected chi connectivity index (χ2v) is 26.6. The van der Waals surface area contributed by atoms with E-state index in [-0.39, 0.29) is 32.2 Å². The first-order valence-corrected chi connectivity index (χ1v) is 38.1. The van der Waals surface area contributed by atoms with E-state index in [0.29, 0.717) is 23.9 Å². The summed E-state index contributed by atoms with van der Waals surface area (Å²) in [5, 5.41) is 9.76. The minimum atomic E-state index is -1.52. The first kappa shape index (κ1) is 87.0. The van der Waals surface area contributed by atoms with Gasteiger partial charge < -0.3 is 28.5 Å². The summed E-state index contributed by atoms with van der Waals surface area (Å²) in [5.41, 5.74) is 0. The van der Waals surface area contributed by atoms with Crippen LogP contribution in [-0.4, -0.2) is 87.4 Å².